The second-order valence-electron chi connectivity index (χ2n) is 4.04. The maximum absolute atomic E-state index is 10.6. The molecule has 0 saturated heterocycles. The van der Waals surface area contributed by atoms with Crippen LogP contribution in [0.4, 0.5) is 0 Å². The summed E-state index contributed by atoms with van der Waals surface area (Å²) < 4.78 is 10.4. The minimum Gasteiger partial charge on any atom is -0.453 e. The van der Waals surface area contributed by atoms with Crippen molar-refractivity contribution in [2.24, 2.45) is 0 Å². The van der Waals surface area contributed by atoms with Crippen LogP contribution >= 0.6 is 0 Å². The van der Waals surface area contributed by atoms with Gasteiger partial charge in [0.15, 0.2) is 17.9 Å². The van der Waals surface area contributed by atoms with Gasteiger partial charge in [-0.05, 0) is 31.2 Å². The SMILES string of the molecule is Cc1noc(-c2ccc(-c3ccc(C=O)o3)cc2)n1. The molecular formula is C14H10N2O3. The number of hydrogen-bond donors (Lipinski definition) is 0. The third-order valence-corrected chi connectivity index (χ3v) is 2.69. The molecule has 0 spiro atoms. The Hall–Kier alpha value is -2.69. The number of aromatic nitrogens is 2. The van der Waals surface area contributed by atoms with E-state index in [1.807, 2.05) is 24.3 Å². The van der Waals surface area contributed by atoms with Crippen molar-refractivity contribution in [3.8, 4) is 22.8 Å². The molecule has 1 aromatic carbocycles. The van der Waals surface area contributed by atoms with Crippen LogP contribution in [0.2, 0.25) is 0 Å². The molecule has 5 heteroatoms. The lowest BCUT2D eigenvalue weighted by atomic mass is 10.1. The zero-order valence-corrected chi connectivity index (χ0v) is 10.2. The molecule has 0 radical (unpaired) electrons. The molecule has 0 atom stereocenters. The number of rotatable bonds is 3. The Labute approximate surface area is 108 Å². The van der Waals surface area contributed by atoms with Gasteiger partial charge < -0.3 is 8.94 Å². The Morgan fingerprint density at radius 1 is 1.05 bits per heavy atom. The number of furan rings is 1. The normalized spacial score (nSPS) is 10.6. The second-order valence-corrected chi connectivity index (χ2v) is 4.04. The summed E-state index contributed by atoms with van der Waals surface area (Å²) in [6.45, 7) is 1.77. The van der Waals surface area contributed by atoms with Crippen molar-refractivity contribution in [3.05, 3.63) is 48.0 Å². The van der Waals surface area contributed by atoms with Gasteiger partial charge in [0.2, 0.25) is 0 Å². The highest BCUT2D eigenvalue weighted by Gasteiger charge is 2.08. The lowest BCUT2D eigenvalue weighted by Gasteiger charge is -1.98. The summed E-state index contributed by atoms with van der Waals surface area (Å²) in [6.07, 6.45) is 0.680. The third-order valence-electron chi connectivity index (χ3n) is 2.69. The van der Waals surface area contributed by atoms with E-state index in [1.54, 1.807) is 19.1 Å². The van der Waals surface area contributed by atoms with Crippen molar-refractivity contribution >= 4 is 6.29 Å². The number of aryl methyl sites for hydroxylation is 1. The standard InChI is InChI=1S/C14H10N2O3/c1-9-15-14(19-16-9)11-4-2-10(3-5-11)13-7-6-12(8-17)18-13/h2-8H,1H3. The van der Waals surface area contributed by atoms with E-state index >= 15 is 0 Å². The van der Waals surface area contributed by atoms with Gasteiger partial charge in [0.25, 0.3) is 5.89 Å². The van der Waals surface area contributed by atoms with Crippen molar-refractivity contribution < 1.29 is 13.7 Å². The molecule has 0 amide bonds. The van der Waals surface area contributed by atoms with Gasteiger partial charge in [-0.3, -0.25) is 4.79 Å². The quantitative estimate of drug-likeness (QED) is 0.671. The highest BCUT2D eigenvalue weighted by molar-refractivity contribution is 5.73. The van der Waals surface area contributed by atoms with E-state index in [9.17, 15) is 4.79 Å². The van der Waals surface area contributed by atoms with Gasteiger partial charge in [-0.1, -0.05) is 17.3 Å². The fourth-order valence-electron chi connectivity index (χ4n) is 1.76. The van der Waals surface area contributed by atoms with Crippen LogP contribution < -0.4 is 0 Å². The van der Waals surface area contributed by atoms with Crippen molar-refractivity contribution in [1.82, 2.24) is 10.1 Å². The first-order valence-electron chi connectivity index (χ1n) is 5.72. The smallest absolute Gasteiger partial charge is 0.257 e. The first kappa shape index (κ1) is 11.4. The van der Waals surface area contributed by atoms with E-state index in [2.05, 4.69) is 10.1 Å². The molecule has 94 valence electrons. The summed E-state index contributed by atoms with van der Waals surface area (Å²) in [6, 6.07) is 10.9. The average molecular weight is 254 g/mol. The Bertz CT molecular complexity index is 710. The summed E-state index contributed by atoms with van der Waals surface area (Å²) in [5.41, 5.74) is 1.72. The van der Waals surface area contributed by atoms with Crippen LogP contribution in [0, 0.1) is 6.92 Å². The summed E-state index contributed by atoms with van der Waals surface area (Å²) in [4.78, 5) is 14.7. The van der Waals surface area contributed by atoms with Gasteiger partial charge in [0.05, 0.1) is 0 Å². The molecule has 0 bridgehead atoms. The lowest BCUT2D eigenvalue weighted by molar-refractivity contribution is 0.110. The Morgan fingerprint density at radius 3 is 2.37 bits per heavy atom. The molecule has 0 aliphatic heterocycles. The number of benzene rings is 1. The molecule has 0 fully saturated rings. The lowest BCUT2D eigenvalue weighted by Crippen LogP contribution is -1.79. The zero-order chi connectivity index (χ0) is 13.2. The first-order chi connectivity index (χ1) is 9.26. The number of carbonyl (C=O) groups is 1. The van der Waals surface area contributed by atoms with Crippen LogP contribution in [0.5, 0.6) is 0 Å². The highest BCUT2D eigenvalue weighted by atomic mass is 16.5. The second kappa shape index (κ2) is 4.53. The fraction of sp³-hybridized carbons (Fsp3) is 0.0714. The minimum absolute atomic E-state index is 0.312. The monoisotopic (exact) mass is 254 g/mol. The maximum atomic E-state index is 10.6. The Morgan fingerprint density at radius 2 is 1.79 bits per heavy atom. The van der Waals surface area contributed by atoms with Gasteiger partial charge in [-0.25, -0.2) is 0 Å². The van der Waals surface area contributed by atoms with E-state index in [4.69, 9.17) is 8.94 Å². The summed E-state index contributed by atoms with van der Waals surface area (Å²) in [7, 11) is 0. The zero-order valence-electron chi connectivity index (χ0n) is 10.2. The van der Waals surface area contributed by atoms with Crippen molar-refractivity contribution in [2.45, 2.75) is 6.92 Å². The molecule has 5 nitrogen and oxygen atoms in total. The van der Waals surface area contributed by atoms with E-state index < -0.39 is 0 Å². The molecule has 2 aromatic heterocycles. The van der Waals surface area contributed by atoms with E-state index in [0.29, 0.717) is 29.5 Å². The Balaban J connectivity index is 1.92. The molecular weight excluding hydrogens is 244 g/mol. The molecule has 3 aromatic rings. The predicted octanol–water partition coefficient (Wildman–Crippen LogP) is 3.12. The van der Waals surface area contributed by atoms with Crippen LogP contribution in [-0.4, -0.2) is 16.4 Å². The number of aldehydes is 1. The molecule has 3 rings (SSSR count). The predicted molar refractivity (Wildman–Crippen MR) is 67.6 cm³/mol. The molecule has 0 N–H and O–H groups in total. The van der Waals surface area contributed by atoms with Crippen molar-refractivity contribution in [1.29, 1.82) is 0 Å². The number of nitrogens with zero attached hydrogens (tertiary/aromatic N) is 2. The van der Waals surface area contributed by atoms with Gasteiger partial charge in [0, 0.05) is 11.1 Å². The number of hydrogen-bond acceptors (Lipinski definition) is 5. The van der Waals surface area contributed by atoms with Crippen molar-refractivity contribution in [3.63, 3.8) is 0 Å². The Kier molecular flexibility index (Phi) is 2.72. The molecule has 2 heterocycles. The van der Waals surface area contributed by atoms with E-state index in [1.165, 1.54) is 0 Å². The van der Waals surface area contributed by atoms with E-state index in [0.717, 1.165) is 11.1 Å². The van der Waals surface area contributed by atoms with Crippen LogP contribution in [0.15, 0.2) is 45.3 Å². The highest BCUT2D eigenvalue weighted by Crippen LogP contribution is 2.25. The summed E-state index contributed by atoms with van der Waals surface area (Å²) in [5, 5.41) is 3.74. The third kappa shape index (κ3) is 2.18. The van der Waals surface area contributed by atoms with Crippen LogP contribution in [0.25, 0.3) is 22.8 Å². The molecule has 0 unspecified atom stereocenters. The van der Waals surface area contributed by atoms with Gasteiger partial charge in [-0.2, -0.15) is 4.98 Å². The van der Waals surface area contributed by atoms with Gasteiger partial charge in [0.1, 0.15) is 5.76 Å². The van der Waals surface area contributed by atoms with Crippen LogP contribution in [0.1, 0.15) is 16.4 Å². The fourth-order valence-corrected chi connectivity index (χ4v) is 1.76. The summed E-state index contributed by atoms with van der Waals surface area (Å²) in [5.74, 6) is 2.04. The van der Waals surface area contributed by atoms with Crippen LogP contribution in [0.3, 0.4) is 0 Å². The van der Waals surface area contributed by atoms with Gasteiger partial charge in [-0.15, -0.1) is 0 Å². The molecule has 0 aliphatic rings. The van der Waals surface area contributed by atoms with Gasteiger partial charge >= 0.3 is 0 Å². The van der Waals surface area contributed by atoms with E-state index in [-0.39, 0.29) is 0 Å². The number of carbonyl (C=O) groups excluding carboxylic acids is 1. The largest absolute Gasteiger partial charge is 0.453 e. The average Bonchev–Trinajstić information content (AvgIpc) is 3.07. The first-order valence-corrected chi connectivity index (χ1v) is 5.72. The molecule has 19 heavy (non-hydrogen) atoms. The molecule has 0 saturated carbocycles. The molecule has 0 aliphatic carbocycles. The maximum Gasteiger partial charge on any atom is 0.257 e. The van der Waals surface area contributed by atoms with Crippen molar-refractivity contribution in [2.75, 3.05) is 0 Å². The topological polar surface area (TPSA) is 69.1 Å². The summed E-state index contributed by atoms with van der Waals surface area (Å²) >= 11 is 0. The minimum atomic E-state index is 0.312. The van der Waals surface area contributed by atoms with Crippen LogP contribution in [-0.2, 0) is 0 Å².